The van der Waals surface area contributed by atoms with Gasteiger partial charge in [0.25, 0.3) is 0 Å². The molecule has 0 amide bonds. The molecule has 110 valence electrons. The van der Waals surface area contributed by atoms with Gasteiger partial charge in [0.1, 0.15) is 0 Å². The Bertz CT molecular complexity index is 284. The van der Waals surface area contributed by atoms with E-state index in [4.69, 9.17) is 0 Å². The number of carbonyl (C=O) groups is 1. The second-order valence-electron chi connectivity index (χ2n) is 6.88. The van der Waals surface area contributed by atoms with Crippen molar-refractivity contribution in [3.63, 3.8) is 0 Å². The van der Waals surface area contributed by atoms with Crippen molar-refractivity contribution < 1.29 is 9.90 Å². The molecule has 2 aliphatic carbocycles. The molecule has 2 saturated carbocycles. The van der Waals surface area contributed by atoms with Crippen LogP contribution in [-0.4, -0.2) is 11.1 Å². The third kappa shape index (κ3) is 3.32. The summed E-state index contributed by atoms with van der Waals surface area (Å²) >= 11 is 0. The fourth-order valence-corrected chi connectivity index (χ4v) is 4.48. The van der Waals surface area contributed by atoms with Gasteiger partial charge in [-0.2, -0.15) is 0 Å². The molecule has 0 aromatic rings. The molecule has 19 heavy (non-hydrogen) atoms. The molecule has 2 fully saturated rings. The van der Waals surface area contributed by atoms with Gasteiger partial charge in [0, 0.05) is 0 Å². The molecular weight excluding hydrogens is 236 g/mol. The third-order valence-corrected chi connectivity index (χ3v) is 5.77. The molecule has 0 radical (unpaired) electrons. The predicted octanol–water partition coefficient (Wildman–Crippen LogP) is 5.02. The first kappa shape index (κ1) is 14.9. The first-order valence-corrected chi connectivity index (χ1v) is 8.42. The Balaban J connectivity index is 1.92. The molecule has 0 aromatic carbocycles. The quantitative estimate of drug-likeness (QED) is 0.758. The minimum absolute atomic E-state index is 0.353. The zero-order chi connectivity index (χ0) is 13.7. The molecule has 0 aromatic heterocycles. The predicted molar refractivity (Wildman–Crippen MR) is 78.1 cm³/mol. The van der Waals surface area contributed by atoms with Gasteiger partial charge in [-0.25, -0.2) is 0 Å². The Morgan fingerprint density at radius 1 is 1.11 bits per heavy atom. The molecule has 1 N–H and O–H groups in total. The van der Waals surface area contributed by atoms with Crippen molar-refractivity contribution in [3.05, 3.63) is 0 Å². The lowest BCUT2D eigenvalue weighted by atomic mass is 9.60. The van der Waals surface area contributed by atoms with Crippen LogP contribution in [0.3, 0.4) is 0 Å². The summed E-state index contributed by atoms with van der Waals surface area (Å²) in [6, 6.07) is 0. The summed E-state index contributed by atoms with van der Waals surface area (Å²) < 4.78 is 0. The van der Waals surface area contributed by atoms with Crippen LogP contribution in [0.2, 0.25) is 0 Å². The van der Waals surface area contributed by atoms with Gasteiger partial charge in [-0.1, -0.05) is 58.3 Å². The van der Waals surface area contributed by atoms with Crippen LogP contribution in [0.25, 0.3) is 0 Å². The molecule has 0 unspecified atom stereocenters. The summed E-state index contributed by atoms with van der Waals surface area (Å²) in [5.74, 6) is 0.845. The first-order valence-electron chi connectivity index (χ1n) is 8.42. The largest absolute Gasteiger partial charge is 0.481 e. The average Bonchev–Trinajstić information content (AvgIpc) is 2.46. The number of carboxylic acids is 1. The Hall–Kier alpha value is -0.530. The maximum Gasteiger partial charge on any atom is 0.309 e. The van der Waals surface area contributed by atoms with E-state index in [1.165, 1.54) is 51.4 Å². The second-order valence-corrected chi connectivity index (χ2v) is 6.88. The van der Waals surface area contributed by atoms with Crippen molar-refractivity contribution in [1.29, 1.82) is 0 Å². The lowest BCUT2D eigenvalue weighted by Crippen LogP contribution is -2.42. The van der Waals surface area contributed by atoms with Crippen LogP contribution < -0.4 is 0 Å². The lowest BCUT2D eigenvalue weighted by molar-refractivity contribution is -0.157. The van der Waals surface area contributed by atoms with Gasteiger partial charge in [0.15, 0.2) is 0 Å². The highest BCUT2D eigenvalue weighted by molar-refractivity contribution is 5.75. The molecule has 0 atom stereocenters. The highest BCUT2D eigenvalue weighted by Crippen LogP contribution is 2.49. The van der Waals surface area contributed by atoms with Crippen molar-refractivity contribution in [2.75, 3.05) is 0 Å². The summed E-state index contributed by atoms with van der Waals surface area (Å²) in [6.07, 6.45) is 14.3. The zero-order valence-electron chi connectivity index (χ0n) is 12.5. The molecule has 2 heteroatoms. The Labute approximate surface area is 118 Å². The molecule has 0 bridgehead atoms. The monoisotopic (exact) mass is 266 g/mol. The van der Waals surface area contributed by atoms with Gasteiger partial charge in [-0.15, -0.1) is 0 Å². The normalized spacial score (nSPS) is 31.0. The van der Waals surface area contributed by atoms with E-state index in [1.54, 1.807) is 0 Å². The van der Waals surface area contributed by atoms with Crippen LogP contribution in [0.5, 0.6) is 0 Å². The number of hydrogen-bond donors (Lipinski definition) is 1. The van der Waals surface area contributed by atoms with Crippen molar-refractivity contribution in [3.8, 4) is 0 Å². The van der Waals surface area contributed by atoms with Gasteiger partial charge in [-0.05, 0) is 37.5 Å². The number of aliphatic carboxylic acids is 1. The van der Waals surface area contributed by atoms with E-state index in [2.05, 4.69) is 6.92 Å². The highest BCUT2D eigenvalue weighted by Gasteiger charge is 2.46. The van der Waals surface area contributed by atoms with Gasteiger partial charge in [0.05, 0.1) is 5.41 Å². The SMILES string of the molecule is CCCC[C@H]1CC[C@H](C2(C(=O)O)CCCCC2)CC1. The van der Waals surface area contributed by atoms with E-state index in [-0.39, 0.29) is 5.41 Å². The topological polar surface area (TPSA) is 37.3 Å². The fourth-order valence-electron chi connectivity index (χ4n) is 4.48. The van der Waals surface area contributed by atoms with Crippen molar-refractivity contribution in [2.24, 2.45) is 17.3 Å². The van der Waals surface area contributed by atoms with Crippen LogP contribution in [-0.2, 0) is 4.79 Å². The maximum absolute atomic E-state index is 11.8. The second kappa shape index (κ2) is 6.76. The van der Waals surface area contributed by atoms with Gasteiger partial charge in [0.2, 0.25) is 0 Å². The fraction of sp³-hybridized carbons (Fsp3) is 0.941. The first-order chi connectivity index (χ1) is 9.19. The standard InChI is InChI=1S/C17H30O2/c1-2-3-7-14-8-10-15(11-9-14)17(16(18)19)12-5-4-6-13-17/h14-15H,2-13H2,1H3,(H,18,19)/t14-,15-. The molecule has 0 saturated heterocycles. The van der Waals surface area contributed by atoms with Crippen LogP contribution in [0.15, 0.2) is 0 Å². The number of carboxylic acid groups (broad SMARTS) is 1. The van der Waals surface area contributed by atoms with Crippen LogP contribution >= 0.6 is 0 Å². The van der Waals surface area contributed by atoms with E-state index in [0.717, 1.165) is 31.6 Å². The third-order valence-electron chi connectivity index (χ3n) is 5.77. The maximum atomic E-state index is 11.8. The molecule has 2 aliphatic rings. The van der Waals surface area contributed by atoms with Crippen LogP contribution in [0.1, 0.15) is 84.0 Å². The van der Waals surface area contributed by atoms with Crippen LogP contribution in [0, 0.1) is 17.3 Å². The molecule has 2 rings (SSSR count). The summed E-state index contributed by atoms with van der Waals surface area (Å²) in [7, 11) is 0. The molecule has 0 heterocycles. The minimum Gasteiger partial charge on any atom is -0.481 e. The molecule has 0 spiro atoms. The van der Waals surface area contributed by atoms with E-state index in [9.17, 15) is 9.90 Å². The van der Waals surface area contributed by atoms with Crippen molar-refractivity contribution >= 4 is 5.97 Å². The van der Waals surface area contributed by atoms with Gasteiger partial charge >= 0.3 is 5.97 Å². The Kier molecular flexibility index (Phi) is 5.29. The van der Waals surface area contributed by atoms with Crippen LogP contribution in [0.4, 0.5) is 0 Å². The van der Waals surface area contributed by atoms with E-state index >= 15 is 0 Å². The minimum atomic E-state index is -0.496. The summed E-state index contributed by atoms with van der Waals surface area (Å²) in [5.41, 5.74) is -0.353. The Morgan fingerprint density at radius 3 is 2.26 bits per heavy atom. The lowest BCUT2D eigenvalue weighted by Gasteiger charge is -2.43. The number of hydrogen-bond acceptors (Lipinski definition) is 1. The number of rotatable bonds is 5. The number of unbranched alkanes of at least 4 members (excludes halogenated alkanes) is 1. The zero-order valence-corrected chi connectivity index (χ0v) is 12.5. The van der Waals surface area contributed by atoms with E-state index in [1.807, 2.05) is 0 Å². The van der Waals surface area contributed by atoms with Gasteiger partial charge < -0.3 is 5.11 Å². The van der Waals surface area contributed by atoms with Gasteiger partial charge in [-0.3, -0.25) is 4.79 Å². The Morgan fingerprint density at radius 2 is 1.74 bits per heavy atom. The molecule has 0 aliphatic heterocycles. The summed E-state index contributed by atoms with van der Waals surface area (Å²) in [6.45, 7) is 2.26. The summed E-state index contributed by atoms with van der Waals surface area (Å²) in [5, 5.41) is 9.75. The van der Waals surface area contributed by atoms with E-state index in [0.29, 0.717) is 5.92 Å². The molecular formula is C17H30O2. The smallest absolute Gasteiger partial charge is 0.309 e. The summed E-state index contributed by atoms with van der Waals surface area (Å²) in [4.78, 5) is 11.8. The highest BCUT2D eigenvalue weighted by atomic mass is 16.4. The van der Waals surface area contributed by atoms with Crippen molar-refractivity contribution in [1.82, 2.24) is 0 Å². The van der Waals surface area contributed by atoms with E-state index < -0.39 is 5.97 Å². The average molecular weight is 266 g/mol. The van der Waals surface area contributed by atoms with Crippen molar-refractivity contribution in [2.45, 2.75) is 84.0 Å². The molecule has 2 nitrogen and oxygen atoms in total.